The highest BCUT2D eigenvalue weighted by atomic mass is 32.3. The maximum absolute atomic E-state index is 9.33. The molecule has 0 aromatic heterocycles. The van der Waals surface area contributed by atoms with Crippen LogP contribution in [-0.2, 0) is 24.1 Å². The fourth-order valence-corrected chi connectivity index (χ4v) is 0.742. The number of hydrogen-bond acceptors (Lipinski definition) is 6. The summed E-state index contributed by atoms with van der Waals surface area (Å²) in [5.41, 5.74) is 0. The van der Waals surface area contributed by atoms with Crippen molar-refractivity contribution in [2.24, 2.45) is 4.99 Å². The Kier molecular flexibility index (Phi) is 7.22. The average Bonchev–Trinajstić information content (AvgIpc) is 2.45. The molecule has 1 aliphatic heterocycles. The van der Waals surface area contributed by atoms with E-state index < -0.39 is 10.4 Å². The molecule has 15 heavy (non-hydrogen) atoms. The molecule has 0 spiro atoms. The van der Waals surface area contributed by atoms with E-state index in [4.69, 9.17) is 14.0 Å². The minimum Gasteiger partial charge on any atom is -0.484 e. The molecule has 1 rings (SSSR count). The summed E-state index contributed by atoms with van der Waals surface area (Å²) in [5.74, 6) is 0.812. The lowest BCUT2D eigenvalue weighted by molar-refractivity contribution is 0.152. The van der Waals surface area contributed by atoms with Gasteiger partial charge in [0.1, 0.15) is 0 Å². The predicted octanol–water partition coefficient (Wildman–Crippen LogP) is -0.113. The predicted molar refractivity (Wildman–Crippen MR) is 53.3 cm³/mol. The van der Waals surface area contributed by atoms with Gasteiger partial charge in [0.2, 0.25) is 0 Å². The molecule has 0 bridgehead atoms. The van der Waals surface area contributed by atoms with Crippen molar-refractivity contribution in [2.45, 2.75) is 6.42 Å². The molecular formula is C7H15NO6S. The normalized spacial score (nSPS) is 16.9. The van der Waals surface area contributed by atoms with Gasteiger partial charge in [0, 0.05) is 6.42 Å². The highest BCUT2D eigenvalue weighted by molar-refractivity contribution is 7.80. The monoisotopic (exact) mass is 241 g/mol. The second-order valence-corrected chi connectivity index (χ2v) is 3.63. The second-order valence-electron chi connectivity index (χ2n) is 2.44. The lowest BCUT2D eigenvalue weighted by Gasteiger charge is -1.98. The fourth-order valence-electron chi connectivity index (χ4n) is 0.742. The van der Waals surface area contributed by atoms with Gasteiger partial charge in [0.25, 0.3) is 0 Å². The standard InChI is InChI=1S/C6H11NO2.CH4O4S/c1-8-6-2-4-9-5-3-7-6;1-5-6(2,3)4/h2-5H2,1H3;1H3,(H,2,3,4). The summed E-state index contributed by atoms with van der Waals surface area (Å²) in [6.07, 6.45) is 0.816. The molecular weight excluding hydrogens is 226 g/mol. The Hall–Kier alpha value is -0.700. The molecule has 7 nitrogen and oxygen atoms in total. The number of methoxy groups -OCH3 is 1. The third-order valence-electron chi connectivity index (χ3n) is 1.43. The van der Waals surface area contributed by atoms with Crippen LogP contribution in [0.4, 0.5) is 0 Å². The Balaban J connectivity index is 0.000000288. The lowest BCUT2D eigenvalue weighted by atomic mass is 10.4. The number of hydrogen-bond donors (Lipinski definition) is 1. The first kappa shape index (κ1) is 14.3. The summed E-state index contributed by atoms with van der Waals surface area (Å²) in [5, 5.41) is 0. The molecule has 1 heterocycles. The van der Waals surface area contributed by atoms with Crippen LogP contribution in [0.5, 0.6) is 0 Å². The SMILES string of the molecule is COC1=NCCOCC1.COS(=O)(=O)O. The van der Waals surface area contributed by atoms with Gasteiger partial charge < -0.3 is 9.47 Å². The summed E-state index contributed by atoms with van der Waals surface area (Å²) in [7, 11) is -1.65. The number of rotatable bonds is 1. The lowest BCUT2D eigenvalue weighted by Crippen LogP contribution is -2.02. The van der Waals surface area contributed by atoms with E-state index in [1.54, 1.807) is 7.11 Å². The molecule has 0 radical (unpaired) electrons. The third kappa shape index (κ3) is 9.60. The van der Waals surface area contributed by atoms with Gasteiger partial charge >= 0.3 is 10.4 Å². The van der Waals surface area contributed by atoms with E-state index in [2.05, 4.69) is 9.18 Å². The molecule has 1 N–H and O–H groups in total. The molecule has 0 amide bonds. The number of nitrogens with zero attached hydrogens (tertiary/aromatic N) is 1. The van der Waals surface area contributed by atoms with E-state index in [9.17, 15) is 8.42 Å². The Bertz CT molecular complexity index is 286. The first-order valence-electron chi connectivity index (χ1n) is 4.17. The van der Waals surface area contributed by atoms with Crippen LogP contribution >= 0.6 is 0 Å². The first-order valence-corrected chi connectivity index (χ1v) is 5.54. The van der Waals surface area contributed by atoms with Crippen molar-refractivity contribution >= 4 is 16.3 Å². The Labute approximate surface area is 89.0 Å². The zero-order valence-electron chi connectivity index (χ0n) is 8.67. The van der Waals surface area contributed by atoms with Gasteiger partial charge in [-0.3, -0.25) is 13.7 Å². The van der Waals surface area contributed by atoms with Crippen LogP contribution in [0.15, 0.2) is 4.99 Å². The van der Waals surface area contributed by atoms with Gasteiger partial charge in [0.15, 0.2) is 5.90 Å². The third-order valence-corrected chi connectivity index (χ3v) is 1.85. The molecule has 1 aliphatic rings. The van der Waals surface area contributed by atoms with E-state index >= 15 is 0 Å². The van der Waals surface area contributed by atoms with Crippen molar-refractivity contribution in [1.29, 1.82) is 0 Å². The van der Waals surface area contributed by atoms with Gasteiger partial charge in [-0.2, -0.15) is 8.42 Å². The molecule has 0 saturated carbocycles. The van der Waals surface area contributed by atoms with Crippen molar-refractivity contribution in [2.75, 3.05) is 34.0 Å². The van der Waals surface area contributed by atoms with Crippen LogP contribution in [0.25, 0.3) is 0 Å². The molecule has 0 unspecified atom stereocenters. The Morgan fingerprint density at radius 3 is 2.47 bits per heavy atom. The first-order chi connectivity index (χ1) is 6.99. The summed E-state index contributed by atoms with van der Waals surface area (Å²) in [6, 6.07) is 0. The van der Waals surface area contributed by atoms with E-state index in [0.717, 1.165) is 39.2 Å². The van der Waals surface area contributed by atoms with Gasteiger partial charge in [0.05, 0.1) is 34.0 Å². The molecule has 0 aromatic carbocycles. The van der Waals surface area contributed by atoms with Crippen LogP contribution in [0.1, 0.15) is 6.42 Å². The average molecular weight is 241 g/mol. The second kappa shape index (κ2) is 7.57. The summed E-state index contributed by atoms with van der Waals surface area (Å²) >= 11 is 0. The molecule has 0 atom stereocenters. The van der Waals surface area contributed by atoms with Crippen LogP contribution in [-0.4, -0.2) is 52.8 Å². The summed E-state index contributed by atoms with van der Waals surface area (Å²) < 4.78 is 39.8. The molecule has 0 aromatic rings. The summed E-state index contributed by atoms with van der Waals surface area (Å²) in [6.45, 7) is 2.21. The van der Waals surface area contributed by atoms with Crippen molar-refractivity contribution in [3.63, 3.8) is 0 Å². The zero-order chi connectivity index (χ0) is 11.7. The van der Waals surface area contributed by atoms with E-state index in [1.807, 2.05) is 0 Å². The smallest absolute Gasteiger partial charge is 0.397 e. The van der Waals surface area contributed by atoms with Crippen LogP contribution in [0, 0.1) is 0 Å². The van der Waals surface area contributed by atoms with E-state index in [-0.39, 0.29) is 0 Å². The van der Waals surface area contributed by atoms with Gasteiger partial charge in [-0.1, -0.05) is 0 Å². The van der Waals surface area contributed by atoms with E-state index in [1.165, 1.54) is 0 Å². The largest absolute Gasteiger partial charge is 0.484 e. The summed E-state index contributed by atoms with van der Waals surface area (Å²) in [4.78, 5) is 4.11. The molecule has 0 saturated heterocycles. The topological polar surface area (TPSA) is 94.4 Å². The zero-order valence-corrected chi connectivity index (χ0v) is 9.49. The molecule has 8 heteroatoms. The van der Waals surface area contributed by atoms with Crippen LogP contribution in [0.3, 0.4) is 0 Å². The highest BCUT2D eigenvalue weighted by Crippen LogP contribution is 1.94. The van der Waals surface area contributed by atoms with Crippen molar-refractivity contribution in [3.05, 3.63) is 0 Å². The maximum atomic E-state index is 9.33. The molecule has 90 valence electrons. The van der Waals surface area contributed by atoms with Crippen molar-refractivity contribution in [1.82, 2.24) is 0 Å². The molecule has 0 fully saturated rings. The van der Waals surface area contributed by atoms with Gasteiger partial charge in [-0.05, 0) is 0 Å². The van der Waals surface area contributed by atoms with Gasteiger partial charge in [-0.15, -0.1) is 0 Å². The highest BCUT2D eigenvalue weighted by Gasteiger charge is 2.01. The van der Waals surface area contributed by atoms with Gasteiger partial charge in [-0.25, -0.2) is 0 Å². The number of ether oxygens (including phenoxy) is 2. The van der Waals surface area contributed by atoms with Crippen molar-refractivity contribution in [3.8, 4) is 0 Å². The Morgan fingerprint density at radius 2 is 2.00 bits per heavy atom. The quantitative estimate of drug-likeness (QED) is 0.643. The van der Waals surface area contributed by atoms with E-state index in [0.29, 0.717) is 0 Å². The minimum atomic E-state index is -4.16. The van der Waals surface area contributed by atoms with Crippen molar-refractivity contribution < 1.29 is 26.6 Å². The number of aliphatic imine (C=N–C) groups is 1. The Morgan fingerprint density at radius 1 is 1.40 bits per heavy atom. The fraction of sp³-hybridized carbons (Fsp3) is 0.857. The molecule has 0 aliphatic carbocycles. The maximum Gasteiger partial charge on any atom is 0.397 e. The minimum absolute atomic E-state index is 0.729. The van der Waals surface area contributed by atoms with Crippen LogP contribution in [0.2, 0.25) is 0 Å². The van der Waals surface area contributed by atoms with Crippen LogP contribution < -0.4 is 0 Å².